The Morgan fingerprint density at radius 1 is 1.14 bits per heavy atom. The lowest BCUT2D eigenvalue weighted by molar-refractivity contribution is -0.189. The van der Waals surface area contributed by atoms with Gasteiger partial charge in [-0.15, -0.1) is 0 Å². The molecule has 1 aliphatic heterocycles. The molecule has 0 bridgehead atoms. The van der Waals surface area contributed by atoms with Gasteiger partial charge in [-0.25, -0.2) is 4.79 Å². The number of carbonyl (C=O) groups is 1. The smallest absolute Gasteiger partial charge is 0.419 e. The largest absolute Gasteiger partial charge is 0.491 e. The van der Waals surface area contributed by atoms with E-state index in [9.17, 15) is 18.0 Å². The summed E-state index contributed by atoms with van der Waals surface area (Å²) in [6, 6.07) is 9.73. The second-order valence-corrected chi connectivity index (χ2v) is 4.46. The number of benzene rings is 1. The molecule has 7 heteroatoms. The Balaban J connectivity index is 2.19. The minimum absolute atomic E-state index is 0.163. The van der Waals surface area contributed by atoms with E-state index >= 15 is 0 Å². The highest BCUT2D eigenvalue weighted by atomic mass is 19.4. The summed E-state index contributed by atoms with van der Waals surface area (Å²) < 4.78 is 41.4. The highest BCUT2D eigenvalue weighted by molar-refractivity contribution is 6.03. The molecule has 0 saturated heterocycles. The Morgan fingerprint density at radius 2 is 1.86 bits per heavy atom. The van der Waals surface area contributed by atoms with Crippen molar-refractivity contribution in [2.24, 2.45) is 0 Å². The van der Waals surface area contributed by atoms with Crippen molar-refractivity contribution >= 4 is 22.7 Å². The molecule has 0 aromatic heterocycles. The first-order valence-electron chi connectivity index (χ1n) is 5.96. The van der Waals surface area contributed by atoms with Crippen molar-refractivity contribution in [3.63, 3.8) is 0 Å². The number of hydrogen-bond acceptors (Lipinski definition) is 3. The van der Waals surface area contributed by atoms with Crippen molar-refractivity contribution in [1.82, 2.24) is 4.98 Å². The Kier molecular flexibility index (Phi) is 2.79. The van der Waals surface area contributed by atoms with Crippen LogP contribution in [0, 0.1) is 0 Å². The fourth-order valence-corrected chi connectivity index (χ4v) is 2.23. The summed E-state index contributed by atoms with van der Waals surface area (Å²) in [5.74, 6) is -2.13. The van der Waals surface area contributed by atoms with Crippen LogP contribution in [0.5, 0.6) is 5.75 Å². The number of fused-ring (bicyclic) bond motifs is 3. The van der Waals surface area contributed by atoms with Crippen molar-refractivity contribution in [2.75, 3.05) is 5.73 Å². The summed E-state index contributed by atoms with van der Waals surface area (Å²) in [6.45, 7) is 0. The number of carbonyl (C=O) groups excluding carboxylic acids is 1. The lowest BCUT2D eigenvalue weighted by Crippen LogP contribution is -2.27. The number of halogens is 3. The van der Waals surface area contributed by atoms with Gasteiger partial charge in [0.1, 0.15) is 11.6 Å². The monoisotopic (exact) mass is 294 g/mol. The van der Waals surface area contributed by atoms with Crippen LogP contribution < -0.4 is 10.5 Å². The maximum atomic E-state index is 12.3. The highest BCUT2D eigenvalue weighted by Crippen LogP contribution is 2.42. The van der Waals surface area contributed by atoms with Gasteiger partial charge in [0, 0.05) is 22.0 Å². The van der Waals surface area contributed by atoms with Gasteiger partial charge >= 0.3 is 12.1 Å². The molecule has 2 aliphatic rings. The van der Waals surface area contributed by atoms with E-state index in [0.29, 0.717) is 22.0 Å². The molecule has 0 atom stereocenters. The molecule has 108 valence electrons. The lowest BCUT2D eigenvalue weighted by Gasteiger charge is -2.12. The van der Waals surface area contributed by atoms with Crippen molar-refractivity contribution in [3.05, 3.63) is 36.4 Å². The van der Waals surface area contributed by atoms with Crippen molar-refractivity contribution in [2.45, 2.75) is 6.18 Å². The molecule has 1 aromatic carbocycles. The van der Waals surface area contributed by atoms with Crippen LogP contribution in [0.4, 0.5) is 19.0 Å². The number of ether oxygens (including phenoxy) is 1. The van der Waals surface area contributed by atoms with Crippen LogP contribution in [0.25, 0.3) is 22.0 Å². The maximum absolute atomic E-state index is 12.3. The molecule has 3 rings (SSSR count). The molecule has 0 spiro atoms. The first-order valence-corrected chi connectivity index (χ1v) is 5.96. The molecule has 1 aliphatic carbocycles. The minimum atomic E-state index is -5.05. The third-order valence-electron chi connectivity index (χ3n) is 3.11. The topological polar surface area (TPSA) is 68.1 Å². The van der Waals surface area contributed by atoms with Crippen LogP contribution in [0.15, 0.2) is 36.4 Å². The molecule has 1 aromatic rings. The van der Waals surface area contributed by atoms with Crippen LogP contribution in [-0.2, 0) is 4.79 Å². The van der Waals surface area contributed by atoms with E-state index < -0.39 is 12.1 Å². The SMILES string of the molecule is Nc1[nH]c2ccccc2c2c(OC(=O)C(F)(F)F)ccc1-2. The van der Waals surface area contributed by atoms with E-state index in [1.807, 2.05) is 0 Å². The summed E-state index contributed by atoms with van der Waals surface area (Å²) in [4.78, 5) is 14.0. The van der Waals surface area contributed by atoms with E-state index in [2.05, 4.69) is 9.72 Å². The van der Waals surface area contributed by atoms with Crippen LogP contribution in [0.1, 0.15) is 0 Å². The van der Waals surface area contributed by atoms with Crippen molar-refractivity contribution in [1.29, 1.82) is 0 Å². The molecule has 3 N–H and O–H groups in total. The maximum Gasteiger partial charge on any atom is 0.491 e. The molecule has 0 saturated carbocycles. The van der Waals surface area contributed by atoms with E-state index in [0.717, 1.165) is 0 Å². The number of alkyl halides is 3. The number of aromatic nitrogens is 1. The number of H-pyrrole nitrogens is 1. The van der Waals surface area contributed by atoms with Crippen molar-refractivity contribution < 1.29 is 22.7 Å². The third kappa shape index (κ3) is 2.16. The highest BCUT2D eigenvalue weighted by Gasteiger charge is 2.42. The van der Waals surface area contributed by atoms with E-state index in [1.54, 1.807) is 24.3 Å². The quantitative estimate of drug-likeness (QED) is 0.676. The van der Waals surface area contributed by atoms with Gasteiger partial charge in [-0.2, -0.15) is 13.2 Å². The fourth-order valence-electron chi connectivity index (χ4n) is 2.23. The second kappa shape index (κ2) is 4.41. The molecular formula is C14H9F3N2O2. The van der Waals surface area contributed by atoms with Crippen molar-refractivity contribution in [3.8, 4) is 16.9 Å². The van der Waals surface area contributed by atoms with Gasteiger partial charge in [-0.1, -0.05) is 18.2 Å². The predicted octanol–water partition coefficient (Wildman–Crippen LogP) is 3.32. The number of para-hydroxylation sites is 1. The van der Waals surface area contributed by atoms with Gasteiger partial charge < -0.3 is 15.5 Å². The Bertz CT molecular complexity index is 808. The zero-order chi connectivity index (χ0) is 15.2. The molecule has 21 heavy (non-hydrogen) atoms. The third-order valence-corrected chi connectivity index (χ3v) is 3.11. The number of nitrogens with two attached hydrogens (primary N) is 1. The molecule has 0 amide bonds. The Hall–Kier alpha value is -2.70. The molecular weight excluding hydrogens is 285 g/mol. The van der Waals surface area contributed by atoms with Gasteiger partial charge in [-0.3, -0.25) is 0 Å². The van der Waals surface area contributed by atoms with Crippen LogP contribution >= 0.6 is 0 Å². The summed E-state index contributed by atoms with van der Waals surface area (Å²) >= 11 is 0. The number of pyridine rings is 1. The zero-order valence-corrected chi connectivity index (χ0v) is 10.5. The number of esters is 1. The van der Waals surface area contributed by atoms with Crippen LogP contribution in [-0.4, -0.2) is 17.1 Å². The number of nitrogen functional groups attached to an aromatic ring is 1. The molecule has 0 unspecified atom stereocenters. The summed E-state index contributed by atoms with van der Waals surface area (Å²) in [5, 5.41) is 0.622. The molecule has 0 fully saturated rings. The summed E-state index contributed by atoms with van der Waals surface area (Å²) in [7, 11) is 0. The average Bonchev–Trinajstić information content (AvgIpc) is 2.83. The zero-order valence-electron chi connectivity index (χ0n) is 10.5. The van der Waals surface area contributed by atoms with E-state index in [4.69, 9.17) is 5.73 Å². The Morgan fingerprint density at radius 3 is 2.57 bits per heavy atom. The van der Waals surface area contributed by atoms with Gasteiger partial charge in [0.25, 0.3) is 0 Å². The average molecular weight is 294 g/mol. The van der Waals surface area contributed by atoms with E-state index in [1.165, 1.54) is 12.1 Å². The van der Waals surface area contributed by atoms with Gasteiger partial charge in [-0.05, 0) is 18.2 Å². The van der Waals surface area contributed by atoms with Crippen LogP contribution in [0.3, 0.4) is 0 Å². The van der Waals surface area contributed by atoms with E-state index in [-0.39, 0.29) is 11.6 Å². The van der Waals surface area contributed by atoms with Gasteiger partial charge in [0.15, 0.2) is 0 Å². The second-order valence-electron chi connectivity index (χ2n) is 4.46. The summed E-state index contributed by atoms with van der Waals surface area (Å²) in [6.07, 6.45) is -5.05. The molecule has 0 radical (unpaired) electrons. The first kappa shape index (κ1) is 13.3. The van der Waals surface area contributed by atoms with Crippen LogP contribution in [0.2, 0.25) is 0 Å². The standard InChI is InChI=1S/C14H9F3N2O2/c15-14(16,17)13(20)21-10-6-5-8-11(10)7-3-1-2-4-9(7)19-12(8)18/h1-6,19H,18H2. The normalized spacial score (nSPS) is 12.0. The predicted molar refractivity (Wildman–Crippen MR) is 71.0 cm³/mol. The lowest BCUT2D eigenvalue weighted by atomic mass is 10.0. The first-order chi connectivity index (χ1) is 9.88. The fraction of sp³-hybridized carbons (Fsp3) is 0.0714. The number of nitrogens with one attached hydrogen (secondary N) is 1. The minimum Gasteiger partial charge on any atom is -0.419 e. The number of hydrogen-bond donors (Lipinski definition) is 2. The Labute approximate surface area is 116 Å². The number of anilines is 1. The number of aromatic amines is 1. The van der Waals surface area contributed by atoms with Gasteiger partial charge in [0.2, 0.25) is 0 Å². The number of rotatable bonds is 1. The summed E-state index contributed by atoms with van der Waals surface area (Å²) in [5.41, 5.74) is 7.34. The molecule has 4 nitrogen and oxygen atoms in total. The van der Waals surface area contributed by atoms with Gasteiger partial charge in [0.05, 0.1) is 0 Å². The molecule has 1 heterocycles.